The predicted molar refractivity (Wildman–Crippen MR) is 102 cm³/mol. The predicted octanol–water partition coefficient (Wildman–Crippen LogP) is 5.36. The van der Waals surface area contributed by atoms with E-state index in [4.69, 9.17) is 0 Å². The number of hydrogen-bond acceptors (Lipinski definition) is 1. The second-order valence-electron chi connectivity index (χ2n) is 6.17. The highest BCUT2D eigenvalue weighted by molar-refractivity contribution is 5.78. The summed E-state index contributed by atoms with van der Waals surface area (Å²) in [5.74, 6) is 0. The van der Waals surface area contributed by atoms with Gasteiger partial charge in [-0.3, -0.25) is 0 Å². The van der Waals surface area contributed by atoms with Gasteiger partial charge in [-0.2, -0.15) is 0 Å². The summed E-state index contributed by atoms with van der Waals surface area (Å²) in [5.41, 5.74) is 9.31. The summed E-state index contributed by atoms with van der Waals surface area (Å²) in [6.45, 7) is 8.77. The SMILES string of the molecule is CN/C=C(\C(C)=C/Cc1cc(C)cc(C)c1C)c1ccccc1. The molecule has 1 N–H and O–H groups in total. The van der Waals surface area contributed by atoms with Crippen LogP contribution in [0.15, 0.2) is 60.3 Å². The number of allylic oxidation sites excluding steroid dienone is 3. The third-order valence-electron chi connectivity index (χ3n) is 4.35. The molecule has 2 rings (SSSR count). The average Bonchev–Trinajstić information content (AvgIpc) is 2.55. The van der Waals surface area contributed by atoms with Crippen LogP contribution in [0.25, 0.3) is 5.57 Å². The normalized spacial score (nSPS) is 12.4. The Bertz CT molecular complexity index is 721. The van der Waals surface area contributed by atoms with Crippen LogP contribution in [0, 0.1) is 20.8 Å². The fourth-order valence-corrected chi connectivity index (χ4v) is 2.90. The van der Waals surface area contributed by atoms with Crippen molar-refractivity contribution in [1.82, 2.24) is 5.32 Å². The van der Waals surface area contributed by atoms with Crippen LogP contribution in [-0.2, 0) is 6.42 Å². The lowest BCUT2D eigenvalue weighted by Crippen LogP contribution is -1.98. The van der Waals surface area contributed by atoms with E-state index in [-0.39, 0.29) is 0 Å². The van der Waals surface area contributed by atoms with E-state index in [0.717, 1.165) is 6.42 Å². The van der Waals surface area contributed by atoms with Crippen LogP contribution in [0.1, 0.15) is 34.7 Å². The standard InChI is InChI=1S/C22H27N/c1-16-13-18(3)19(4)21(14-16)12-11-17(2)22(15-23-5)20-9-7-6-8-10-20/h6-11,13-15,23H,12H2,1-5H3/b17-11-,22-15+. The fourth-order valence-electron chi connectivity index (χ4n) is 2.90. The molecule has 0 spiro atoms. The fraction of sp³-hybridized carbons (Fsp3) is 0.273. The van der Waals surface area contributed by atoms with E-state index in [2.05, 4.69) is 87.8 Å². The summed E-state index contributed by atoms with van der Waals surface area (Å²) in [6.07, 6.45) is 5.38. The Kier molecular flexibility index (Phi) is 5.81. The third-order valence-corrected chi connectivity index (χ3v) is 4.35. The lowest BCUT2D eigenvalue weighted by atomic mass is 9.95. The van der Waals surface area contributed by atoms with Gasteiger partial charge in [0.25, 0.3) is 0 Å². The first kappa shape index (κ1) is 17.1. The Balaban J connectivity index is 2.30. The van der Waals surface area contributed by atoms with Gasteiger partial charge in [-0.25, -0.2) is 0 Å². The van der Waals surface area contributed by atoms with E-state index < -0.39 is 0 Å². The summed E-state index contributed by atoms with van der Waals surface area (Å²) in [5, 5.41) is 3.17. The smallest absolute Gasteiger partial charge is 0.00438 e. The molecule has 120 valence electrons. The van der Waals surface area contributed by atoms with E-state index in [1.807, 2.05) is 7.05 Å². The van der Waals surface area contributed by atoms with Gasteiger partial charge in [0, 0.05) is 13.2 Å². The van der Waals surface area contributed by atoms with Crippen molar-refractivity contribution in [2.45, 2.75) is 34.1 Å². The molecule has 2 aromatic rings. The highest BCUT2D eigenvalue weighted by atomic mass is 14.8. The van der Waals surface area contributed by atoms with Crippen molar-refractivity contribution in [2.75, 3.05) is 7.05 Å². The maximum atomic E-state index is 3.17. The van der Waals surface area contributed by atoms with Crippen molar-refractivity contribution < 1.29 is 0 Å². The minimum atomic E-state index is 0.966. The molecule has 0 radical (unpaired) electrons. The molecule has 2 aromatic carbocycles. The molecule has 0 aliphatic rings. The Morgan fingerprint density at radius 3 is 2.39 bits per heavy atom. The van der Waals surface area contributed by atoms with Gasteiger partial charge in [0.1, 0.15) is 0 Å². The molecule has 0 saturated carbocycles. The molecule has 0 fully saturated rings. The number of aryl methyl sites for hydroxylation is 2. The molecular formula is C22H27N. The molecule has 0 aliphatic heterocycles. The Labute approximate surface area is 140 Å². The summed E-state index contributed by atoms with van der Waals surface area (Å²) in [4.78, 5) is 0. The molecule has 0 amide bonds. The minimum Gasteiger partial charge on any atom is -0.393 e. The third kappa shape index (κ3) is 4.35. The van der Waals surface area contributed by atoms with E-state index in [9.17, 15) is 0 Å². The van der Waals surface area contributed by atoms with Crippen LogP contribution in [0.3, 0.4) is 0 Å². The topological polar surface area (TPSA) is 12.0 Å². The Morgan fingerprint density at radius 2 is 1.74 bits per heavy atom. The van der Waals surface area contributed by atoms with Gasteiger partial charge in [0.2, 0.25) is 0 Å². The first-order valence-electron chi connectivity index (χ1n) is 8.19. The van der Waals surface area contributed by atoms with E-state index in [1.165, 1.54) is 39.0 Å². The molecule has 0 heterocycles. The number of benzene rings is 2. The molecule has 0 aromatic heterocycles. The minimum absolute atomic E-state index is 0.966. The van der Waals surface area contributed by atoms with Gasteiger partial charge < -0.3 is 5.32 Å². The van der Waals surface area contributed by atoms with Crippen LogP contribution in [0.2, 0.25) is 0 Å². The van der Waals surface area contributed by atoms with Crippen LogP contribution >= 0.6 is 0 Å². The quantitative estimate of drug-likeness (QED) is 0.733. The van der Waals surface area contributed by atoms with Gasteiger partial charge in [-0.15, -0.1) is 0 Å². The lowest BCUT2D eigenvalue weighted by Gasteiger charge is -2.11. The van der Waals surface area contributed by atoms with Crippen molar-refractivity contribution in [3.05, 3.63) is 88.1 Å². The van der Waals surface area contributed by atoms with E-state index in [0.29, 0.717) is 0 Å². The number of hydrogen-bond donors (Lipinski definition) is 1. The second kappa shape index (κ2) is 7.82. The Morgan fingerprint density at radius 1 is 1.04 bits per heavy atom. The summed E-state index contributed by atoms with van der Waals surface area (Å²) in [7, 11) is 1.95. The van der Waals surface area contributed by atoms with Gasteiger partial charge in [0.15, 0.2) is 0 Å². The average molecular weight is 305 g/mol. The van der Waals surface area contributed by atoms with Crippen molar-refractivity contribution in [3.63, 3.8) is 0 Å². The van der Waals surface area contributed by atoms with Crippen molar-refractivity contribution in [1.29, 1.82) is 0 Å². The molecule has 0 atom stereocenters. The van der Waals surface area contributed by atoms with Crippen molar-refractivity contribution in [2.24, 2.45) is 0 Å². The zero-order valence-corrected chi connectivity index (χ0v) is 14.9. The zero-order valence-electron chi connectivity index (χ0n) is 14.9. The van der Waals surface area contributed by atoms with Gasteiger partial charge in [-0.05, 0) is 67.5 Å². The summed E-state index contributed by atoms with van der Waals surface area (Å²) >= 11 is 0. The largest absolute Gasteiger partial charge is 0.393 e. The molecule has 0 unspecified atom stereocenters. The highest BCUT2D eigenvalue weighted by Gasteiger charge is 2.05. The molecule has 23 heavy (non-hydrogen) atoms. The number of rotatable bonds is 5. The van der Waals surface area contributed by atoms with Crippen LogP contribution in [0.4, 0.5) is 0 Å². The maximum Gasteiger partial charge on any atom is 0.00438 e. The summed E-state index contributed by atoms with van der Waals surface area (Å²) < 4.78 is 0. The summed E-state index contributed by atoms with van der Waals surface area (Å²) in [6, 6.07) is 15.1. The molecular weight excluding hydrogens is 278 g/mol. The lowest BCUT2D eigenvalue weighted by molar-refractivity contribution is 1.10. The van der Waals surface area contributed by atoms with Crippen molar-refractivity contribution >= 4 is 5.57 Å². The Hall–Kier alpha value is -2.28. The highest BCUT2D eigenvalue weighted by Crippen LogP contribution is 2.23. The van der Waals surface area contributed by atoms with Gasteiger partial charge >= 0.3 is 0 Å². The molecule has 0 aliphatic carbocycles. The second-order valence-corrected chi connectivity index (χ2v) is 6.17. The van der Waals surface area contributed by atoms with Gasteiger partial charge in [-0.1, -0.05) is 54.1 Å². The molecule has 1 heteroatoms. The zero-order chi connectivity index (χ0) is 16.8. The van der Waals surface area contributed by atoms with Gasteiger partial charge in [0.05, 0.1) is 0 Å². The van der Waals surface area contributed by atoms with Crippen LogP contribution < -0.4 is 5.32 Å². The first-order valence-corrected chi connectivity index (χ1v) is 8.19. The van der Waals surface area contributed by atoms with Crippen LogP contribution in [0.5, 0.6) is 0 Å². The first-order chi connectivity index (χ1) is 11.0. The maximum absolute atomic E-state index is 3.17. The van der Waals surface area contributed by atoms with E-state index >= 15 is 0 Å². The molecule has 1 nitrogen and oxygen atoms in total. The van der Waals surface area contributed by atoms with Crippen molar-refractivity contribution in [3.8, 4) is 0 Å². The monoisotopic (exact) mass is 305 g/mol. The van der Waals surface area contributed by atoms with E-state index in [1.54, 1.807) is 0 Å². The van der Waals surface area contributed by atoms with Crippen LogP contribution in [-0.4, -0.2) is 7.05 Å². The molecule has 0 bridgehead atoms. The molecule has 0 saturated heterocycles. The number of nitrogens with one attached hydrogen (secondary N) is 1.